The molecule has 2 aromatic rings. The molecule has 0 aromatic heterocycles. The Kier molecular flexibility index (Phi) is 6.26. The number of halogens is 1. The number of carbonyl (C=O) groups is 1. The number of nitrogens with zero attached hydrogens (tertiary/aromatic N) is 2. The van der Waals surface area contributed by atoms with Crippen LogP contribution in [0.25, 0.3) is 0 Å². The first-order valence-electron chi connectivity index (χ1n) is 8.64. The van der Waals surface area contributed by atoms with Gasteiger partial charge in [-0.3, -0.25) is 4.79 Å². The Hall–Kier alpha value is -2.10. The molecule has 3 rings (SSSR count). The predicted molar refractivity (Wildman–Crippen MR) is 108 cm³/mol. The summed E-state index contributed by atoms with van der Waals surface area (Å²) in [6, 6.07) is 11.6. The maximum Gasteiger partial charge on any atom is 0.257 e. The highest BCUT2D eigenvalue weighted by Crippen LogP contribution is 2.32. The second-order valence-corrected chi connectivity index (χ2v) is 9.04. The van der Waals surface area contributed by atoms with Crippen molar-refractivity contribution in [3.8, 4) is 11.5 Å². The molecule has 0 atom stereocenters. The van der Waals surface area contributed by atoms with Gasteiger partial charge < -0.3 is 14.4 Å². The van der Waals surface area contributed by atoms with E-state index in [0.717, 1.165) is 4.47 Å². The molecule has 0 saturated carbocycles. The molecule has 1 fully saturated rings. The van der Waals surface area contributed by atoms with Crippen LogP contribution in [-0.4, -0.2) is 63.9 Å². The molecule has 1 aliphatic rings. The van der Waals surface area contributed by atoms with Crippen LogP contribution in [0.1, 0.15) is 10.4 Å². The minimum Gasteiger partial charge on any atom is -0.493 e. The average molecular weight is 469 g/mol. The van der Waals surface area contributed by atoms with E-state index in [4.69, 9.17) is 9.47 Å². The number of amides is 1. The summed E-state index contributed by atoms with van der Waals surface area (Å²) in [5, 5.41) is 0. The smallest absolute Gasteiger partial charge is 0.257 e. The number of rotatable bonds is 5. The molecular formula is C19H21BrN2O5S. The van der Waals surface area contributed by atoms with E-state index >= 15 is 0 Å². The van der Waals surface area contributed by atoms with Gasteiger partial charge in [-0.25, -0.2) is 8.42 Å². The number of sulfonamides is 1. The second-order valence-electron chi connectivity index (χ2n) is 6.19. The topological polar surface area (TPSA) is 76.2 Å². The quantitative estimate of drug-likeness (QED) is 0.673. The monoisotopic (exact) mass is 468 g/mol. The van der Waals surface area contributed by atoms with E-state index in [9.17, 15) is 13.2 Å². The Labute approximate surface area is 173 Å². The molecule has 1 saturated heterocycles. The number of para-hydroxylation sites is 1. The molecule has 0 spiro atoms. The summed E-state index contributed by atoms with van der Waals surface area (Å²) >= 11 is 3.30. The molecule has 1 heterocycles. The molecule has 2 aromatic carbocycles. The zero-order valence-corrected chi connectivity index (χ0v) is 18.0. The molecule has 28 heavy (non-hydrogen) atoms. The summed E-state index contributed by atoms with van der Waals surface area (Å²) in [6.07, 6.45) is 0. The molecule has 1 amide bonds. The highest BCUT2D eigenvalue weighted by molar-refractivity contribution is 9.10. The predicted octanol–water partition coefficient (Wildman–Crippen LogP) is 2.61. The fourth-order valence-electron chi connectivity index (χ4n) is 3.11. The van der Waals surface area contributed by atoms with Gasteiger partial charge in [-0.1, -0.05) is 22.0 Å². The summed E-state index contributed by atoms with van der Waals surface area (Å²) in [7, 11) is -0.591. The standard InChI is InChI=1S/C19H21BrN2O5S/c1-26-17-5-3-4-16(18(17)27-2)19(23)21-10-12-22(13-11-21)28(24,25)15-8-6-14(20)7-9-15/h3-9H,10-13H2,1-2H3. The van der Waals surface area contributed by atoms with Gasteiger partial charge in [0.05, 0.1) is 24.7 Å². The van der Waals surface area contributed by atoms with E-state index in [2.05, 4.69) is 15.9 Å². The van der Waals surface area contributed by atoms with Crippen molar-refractivity contribution in [2.45, 2.75) is 4.90 Å². The minimum absolute atomic E-state index is 0.212. The minimum atomic E-state index is -3.59. The summed E-state index contributed by atoms with van der Waals surface area (Å²) in [6.45, 7) is 1.07. The Morgan fingerprint density at radius 2 is 1.61 bits per heavy atom. The third-order valence-electron chi connectivity index (χ3n) is 4.61. The van der Waals surface area contributed by atoms with Crippen LogP contribution in [0, 0.1) is 0 Å². The summed E-state index contributed by atoms with van der Waals surface area (Å²) in [5.74, 6) is 0.640. The molecule has 1 aliphatic heterocycles. The lowest BCUT2D eigenvalue weighted by Crippen LogP contribution is -2.50. The molecule has 0 N–H and O–H groups in total. The summed E-state index contributed by atoms with van der Waals surface area (Å²) in [5.41, 5.74) is 0.395. The van der Waals surface area contributed by atoms with Gasteiger partial charge in [0.1, 0.15) is 0 Å². The first-order chi connectivity index (χ1) is 13.4. The fraction of sp³-hybridized carbons (Fsp3) is 0.316. The number of piperazine rings is 1. The van der Waals surface area contributed by atoms with Crippen molar-refractivity contribution in [1.82, 2.24) is 9.21 Å². The first-order valence-corrected chi connectivity index (χ1v) is 10.9. The summed E-state index contributed by atoms with van der Waals surface area (Å²) < 4.78 is 38.4. The van der Waals surface area contributed by atoms with Crippen molar-refractivity contribution in [2.75, 3.05) is 40.4 Å². The van der Waals surface area contributed by atoms with Crippen molar-refractivity contribution in [3.05, 3.63) is 52.5 Å². The van der Waals surface area contributed by atoms with E-state index in [0.29, 0.717) is 30.2 Å². The SMILES string of the molecule is COc1cccc(C(=O)N2CCN(S(=O)(=O)c3ccc(Br)cc3)CC2)c1OC. The molecule has 0 radical (unpaired) electrons. The number of hydrogen-bond donors (Lipinski definition) is 0. The lowest BCUT2D eigenvalue weighted by Gasteiger charge is -2.34. The third-order valence-corrected chi connectivity index (χ3v) is 7.05. The maximum atomic E-state index is 12.9. The van der Waals surface area contributed by atoms with E-state index in [1.807, 2.05) is 0 Å². The third kappa shape index (κ3) is 4.01. The fourth-order valence-corrected chi connectivity index (χ4v) is 4.80. The van der Waals surface area contributed by atoms with Crippen LogP contribution >= 0.6 is 15.9 Å². The van der Waals surface area contributed by atoms with Crippen LogP contribution in [-0.2, 0) is 10.0 Å². The summed E-state index contributed by atoms with van der Waals surface area (Å²) in [4.78, 5) is 14.8. The van der Waals surface area contributed by atoms with E-state index in [1.54, 1.807) is 47.4 Å². The average Bonchev–Trinajstić information content (AvgIpc) is 2.73. The number of ether oxygens (including phenoxy) is 2. The molecule has 9 heteroatoms. The Balaban J connectivity index is 1.74. The highest BCUT2D eigenvalue weighted by atomic mass is 79.9. The number of methoxy groups -OCH3 is 2. The van der Waals surface area contributed by atoms with Crippen LogP contribution < -0.4 is 9.47 Å². The molecule has 0 aliphatic carbocycles. The molecule has 150 valence electrons. The number of hydrogen-bond acceptors (Lipinski definition) is 5. The lowest BCUT2D eigenvalue weighted by atomic mass is 10.1. The van der Waals surface area contributed by atoms with E-state index < -0.39 is 10.0 Å². The van der Waals surface area contributed by atoms with Gasteiger partial charge >= 0.3 is 0 Å². The van der Waals surface area contributed by atoms with Crippen LogP contribution in [0.4, 0.5) is 0 Å². The Morgan fingerprint density at radius 3 is 2.18 bits per heavy atom. The molecule has 0 bridgehead atoms. The van der Waals surface area contributed by atoms with Crippen LogP contribution in [0.3, 0.4) is 0 Å². The second kappa shape index (κ2) is 8.50. The number of carbonyl (C=O) groups excluding carboxylic acids is 1. The largest absolute Gasteiger partial charge is 0.493 e. The Bertz CT molecular complexity index is 955. The van der Waals surface area contributed by atoms with E-state index in [1.165, 1.54) is 18.5 Å². The van der Waals surface area contributed by atoms with Crippen molar-refractivity contribution in [1.29, 1.82) is 0 Å². The zero-order chi connectivity index (χ0) is 20.3. The van der Waals surface area contributed by atoms with Crippen LogP contribution in [0.15, 0.2) is 51.8 Å². The van der Waals surface area contributed by atoms with Crippen molar-refractivity contribution >= 4 is 31.9 Å². The molecule has 0 unspecified atom stereocenters. The van der Waals surface area contributed by atoms with Gasteiger partial charge in [0, 0.05) is 30.7 Å². The highest BCUT2D eigenvalue weighted by Gasteiger charge is 2.31. The van der Waals surface area contributed by atoms with Gasteiger partial charge in [-0.2, -0.15) is 4.31 Å². The Morgan fingerprint density at radius 1 is 0.964 bits per heavy atom. The van der Waals surface area contributed by atoms with Crippen molar-refractivity contribution in [3.63, 3.8) is 0 Å². The number of benzene rings is 2. The lowest BCUT2D eigenvalue weighted by molar-refractivity contribution is 0.0694. The zero-order valence-electron chi connectivity index (χ0n) is 15.6. The van der Waals surface area contributed by atoms with E-state index in [-0.39, 0.29) is 23.9 Å². The normalized spacial score (nSPS) is 15.3. The van der Waals surface area contributed by atoms with Gasteiger partial charge in [0.25, 0.3) is 5.91 Å². The van der Waals surface area contributed by atoms with Gasteiger partial charge in [-0.05, 0) is 36.4 Å². The van der Waals surface area contributed by atoms with Gasteiger partial charge in [0.15, 0.2) is 11.5 Å². The van der Waals surface area contributed by atoms with Crippen LogP contribution in [0.5, 0.6) is 11.5 Å². The van der Waals surface area contributed by atoms with Crippen LogP contribution in [0.2, 0.25) is 0 Å². The first kappa shape index (κ1) is 20.6. The van der Waals surface area contributed by atoms with Gasteiger partial charge in [-0.15, -0.1) is 0 Å². The maximum absolute atomic E-state index is 12.9. The van der Waals surface area contributed by atoms with Crippen molar-refractivity contribution in [2.24, 2.45) is 0 Å². The van der Waals surface area contributed by atoms with Crippen molar-refractivity contribution < 1.29 is 22.7 Å². The molecule has 7 nitrogen and oxygen atoms in total. The van der Waals surface area contributed by atoms with Gasteiger partial charge in [0.2, 0.25) is 10.0 Å². The molecular weight excluding hydrogens is 448 g/mol.